The number of aliphatic hydroxyl groups is 1. The summed E-state index contributed by atoms with van der Waals surface area (Å²) in [5.74, 6) is -2.47. The molecule has 0 aliphatic carbocycles. The highest BCUT2D eigenvalue weighted by molar-refractivity contribution is 9.12. The number of aromatic nitrogens is 8. The Kier molecular flexibility index (Phi) is 34.8. The molecule has 0 saturated heterocycles. The third-order valence-electron chi connectivity index (χ3n) is 11.8. The smallest absolute Gasteiger partial charge is 0.435 e. The van der Waals surface area contributed by atoms with E-state index in [9.17, 15) is 80.3 Å². The second-order valence-corrected chi connectivity index (χ2v) is 25.8. The number of aromatic amines is 2. The number of amides is 1. The van der Waals surface area contributed by atoms with Crippen molar-refractivity contribution in [3.05, 3.63) is 189 Å². The van der Waals surface area contributed by atoms with E-state index in [2.05, 4.69) is 99.5 Å². The summed E-state index contributed by atoms with van der Waals surface area (Å²) in [5.41, 5.74) is 6.12. The summed E-state index contributed by atoms with van der Waals surface area (Å²) in [6.07, 6.45) is -14.0. The number of ether oxygens (including phenoxy) is 2. The summed E-state index contributed by atoms with van der Waals surface area (Å²) >= 11 is 14.3. The summed E-state index contributed by atoms with van der Waals surface area (Å²) < 4.78 is 178. The van der Waals surface area contributed by atoms with E-state index in [4.69, 9.17) is 15.9 Å². The number of hydrogen-bond donors (Lipinski definition) is 5. The normalized spacial score (nSPS) is 11.7. The van der Waals surface area contributed by atoms with Gasteiger partial charge in [-0.05, 0) is 122 Å². The first-order valence-corrected chi connectivity index (χ1v) is 33.9. The molecule has 0 spiro atoms. The lowest BCUT2D eigenvalue weighted by Gasteiger charge is -2.27. The number of nitrogens with zero attached hydrogens (tertiary/aromatic N) is 7. The highest BCUT2D eigenvalue weighted by Crippen LogP contribution is 2.35. The van der Waals surface area contributed by atoms with Crippen LogP contribution in [0.4, 0.5) is 39.5 Å². The van der Waals surface area contributed by atoms with Crippen LogP contribution in [-0.4, -0.2) is 145 Å². The van der Waals surface area contributed by atoms with Crippen LogP contribution in [0.5, 0.6) is 0 Å². The topological polar surface area (TPSA) is 335 Å². The van der Waals surface area contributed by atoms with Crippen molar-refractivity contribution in [2.75, 3.05) is 43.9 Å². The number of halogens is 13. The number of rotatable bonds is 13. The molecule has 38 heteroatoms. The fourth-order valence-corrected chi connectivity index (χ4v) is 10.7. The molecule has 530 valence electrons. The molecule has 6 N–H and O–H groups in total. The highest BCUT2D eigenvalue weighted by atomic mass is 79.9. The number of carbonyl (C=O) groups is 5. The number of sulfone groups is 2. The molecule has 8 aromatic rings. The van der Waals surface area contributed by atoms with Gasteiger partial charge in [0, 0.05) is 67.1 Å². The average molecular weight is 1630 g/mol. The number of hydrogen-bond acceptors (Lipinski definition) is 17. The zero-order valence-electron chi connectivity index (χ0n) is 52.0. The van der Waals surface area contributed by atoms with E-state index in [1.807, 2.05) is 13.8 Å². The van der Waals surface area contributed by atoms with Gasteiger partial charge < -0.3 is 30.3 Å². The van der Waals surface area contributed by atoms with Crippen molar-refractivity contribution in [1.29, 1.82) is 0 Å². The number of carboxylic acid groups (broad SMARTS) is 1. The van der Waals surface area contributed by atoms with Crippen molar-refractivity contribution in [3.63, 3.8) is 0 Å². The molecule has 1 aliphatic rings. The van der Waals surface area contributed by atoms with Crippen molar-refractivity contribution < 1.29 is 100 Å². The Balaban J connectivity index is 0.000000432. The van der Waals surface area contributed by atoms with Gasteiger partial charge in [0.15, 0.2) is 17.1 Å². The molecule has 0 radical (unpaired) electrons. The van der Waals surface area contributed by atoms with Gasteiger partial charge in [-0.3, -0.25) is 29.2 Å². The molecular formula is C59H63Br3ClF9N10O13S2. The van der Waals surface area contributed by atoms with Crippen LogP contribution in [-0.2, 0) is 78.7 Å². The van der Waals surface area contributed by atoms with Crippen LogP contribution in [0.2, 0.25) is 0 Å². The van der Waals surface area contributed by atoms with Crippen molar-refractivity contribution in [3.8, 4) is 0 Å². The molecule has 97 heavy (non-hydrogen) atoms. The summed E-state index contributed by atoms with van der Waals surface area (Å²) in [6.45, 7) is 7.45. The number of benzene rings is 4. The SMILES string of the molecule is BrCCBr.CC(=O)Cl.CO.COC(=O)c1cc(C)[nH]n1.COC(=O)c1cc(C)nn1CCBr.Cc1cc(C(=O)O)n[nH]1.NCc1cccc(S(=O)(=O)c2cccc(C(F)(F)F)c2)c1.O=C1c2cc(C(F)(F)F)nn2CCN1Cc1cccc(S(=O)(=O)c2cccc(C(F)(F)F)c2)c1. The van der Waals surface area contributed by atoms with E-state index >= 15 is 0 Å². The first-order valence-electron chi connectivity index (χ1n) is 27.2. The fourth-order valence-electron chi connectivity index (χ4n) is 7.57. The van der Waals surface area contributed by atoms with Gasteiger partial charge in [0.2, 0.25) is 24.9 Å². The van der Waals surface area contributed by atoms with Gasteiger partial charge in [-0.1, -0.05) is 84.2 Å². The monoisotopic (exact) mass is 1630 g/mol. The summed E-state index contributed by atoms with van der Waals surface area (Å²) in [7, 11) is -4.62. The largest absolute Gasteiger partial charge is 0.476 e. The molecule has 0 fully saturated rings. The maximum Gasteiger partial charge on any atom is 0.435 e. The number of fused-ring (bicyclic) bond motifs is 1. The minimum atomic E-state index is -4.72. The van der Waals surface area contributed by atoms with Gasteiger partial charge >= 0.3 is 36.4 Å². The maximum absolute atomic E-state index is 13.0. The highest BCUT2D eigenvalue weighted by Gasteiger charge is 2.38. The lowest BCUT2D eigenvalue weighted by Crippen LogP contribution is -2.39. The van der Waals surface area contributed by atoms with E-state index in [0.29, 0.717) is 47.3 Å². The zero-order valence-corrected chi connectivity index (χ0v) is 59.2. The maximum atomic E-state index is 13.0. The predicted molar refractivity (Wildman–Crippen MR) is 346 cm³/mol. The number of aryl methyl sites for hydroxylation is 4. The minimum Gasteiger partial charge on any atom is -0.476 e. The number of methoxy groups -OCH3 is 2. The molecule has 1 aliphatic heterocycles. The third-order valence-corrected chi connectivity index (χ3v) is 17.5. The number of H-pyrrole nitrogens is 2. The predicted octanol–water partition coefficient (Wildman–Crippen LogP) is 11.9. The van der Waals surface area contributed by atoms with Gasteiger partial charge in [-0.15, -0.1) is 0 Å². The zero-order chi connectivity index (χ0) is 73.8. The molecule has 4 aromatic heterocycles. The number of nitrogens with one attached hydrogen (secondary N) is 2. The van der Waals surface area contributed by atoms with E-state index in [0.717, 1.165) is 81.3 Å². The Morgan fingerprint density at radius 3 is 1.43 bits per heavy atom. The number of carbonyl (C=O) groups excluding carboxylic acids is 4. The van der Waals surface area contributed by atoms with Crippen LogP contribution in [0.1, 0.15) is 93.9 Å². The Bertz CT molecular complexity index is 4130. The molecule has 0 unspecified atom stereocenters. The van der Waals surface area contributed by atoms with Crippen molar-refractivity contribution >= 4 is 108 Å². The van der Waals surface area contributed by atoms with Gasteiger partial charge in [0.05, 0.1) is 63.7 Å². The van der Waals surface area contributed by atoms with E-state index in [1.54, 1.807) is 29.8 Å². The van der Waals surface area contributed by atoms with Gasteiger partial charge in [-0.2, -0.15) is 59.9 Å². The van der Waals surface area contributed by atoms with Crippen LogP contribution in [0, 0.1) is 20.8 Å². The Morgan fingerprint density at radius 1 is 0.619 bits per heavy atom. The average Bonchev–Trinajstić information content (AvgIpc) is 1.64. The molecule has 0 saturated carbocycles. The van der Waals surface area contributed by atoms with Crippen LogP contribution < -0.4 is 5.73 Å². The minimum absolute atomic E-state index is 0.0133. The quantitative estimate of drug-likeness (QED) is 0.0310. The third kappa shape index (κ3) is 27.2. The Hall–Kier alpha value is -7.81. The van der Waals surface area contributed by atoms with Crippen molar-refractivity contribution in [2.24, 2.45) is 5.73 Å². The molecule has 5 heterocycles. The van der Waals surface area contributed by atoms with Crippen LogP contribution in [0.25, 0.3) is 0 Å². The molecular weight excluding hydrogens is 1570 g/mol. The number of nitrogens with two attached hydrogens (primary N) is 1. The van der Waals surface area contributed by atoms with Crippen LogP contribution in [0.15, 0.2) is 141 Å². The Morgan fingerprint density at radius 2 is 1.05 bits per heavy atom. The van der Waals surface area contributed by atoms with E-state index < -0.39 is 82.7 Å². The van der Waals surface area contributed by atoms with E-state index in [-0.39, 0.29) is 58.6 Å². The second-order valence-electron chi connectivity index (χ2n) is 19.0. The number of aromatic carboxylic acids is 1. The van der Waals surface area contributed by atoms with E-state index in [1.165, 1.54) is 74.6 Å². The van der Waals surface area contributed by atoms with Crippen LogP contribution in [0.3, 0.4) is 0 Å². The van der Waals surface area contributed by atoms with Crippen molar-refractivity contribution in [2.45, 2.75) is 92.0 Å². The first kappa shape index (κ1) is 85.3. The van der Waals surface area contributed by atoms with Gasteiger partial charge in [0.25, 0.3) is 5.91 Å². The summed E-state index contributed by atoms with van der Waals surface area (Å²) in [6, 6.07) is 23.6. The first-order chi connectivity index (χ1) is 45.3. The Labute approximate surface area is 580 Å². The molecule has 4 aromatic carbocycles. The number of esters is 2. The summed E-state index contributed by atoms with van der Waals surface area (Å²) in [4.78, 5) is 53.9. The van der Waals surface area contributed by atoms with Crippen LogP contribution >= 0.6 is 59.4 Å². The molecule has 0 atom stereocenters. The number of carboxylic acids is 1. The van der Waals surface area contributed by atoms with Crippen molar-refractivity contribution in [1.82, 2.24) is 44.9 Å². The number of aliphatic hydroxyl groups excluding tert-OH is 1. The second kappa shape index (κ2) is 39.6. The van der Waals surface area contributed by atoms with Gasteiger partial charge in [-0.25, -0.2) is 31.2 Å². The molecule has 0 bridgehead atoms. The molecule has 1 amide bonds. The molecule has 9 rings (SSSR count). The summed E-state index contributed by atoms with van der Waals surface area (Å²) in [5, 5.41) is 37.7. The lowest BCUT2D eigenvalue weighted by molar-refractivity contribution is -0.141. The standard InChI is InChI=1S/C21H15F6N3O3S.C14H12F3NO2S.C8H11BrN2O2.C6H8N2O2.C5H6N2O2.C2H4Br2.C2H3ClO.CH4O/c22-20(23,24)14-4-2-6-16(10-14)34(32,33)15-5-1-3-13(9-15)12-29-7-8-30-17(19(29)31)11-18(28-30)21(25,26)27;15-14(16,17)11-4-2-6-13(8-11)21(19,20)12-5-1-3-10(7-12)9-18;1-6-5-7(8(12)13-2)11(10-6)4-3-9;1-4-3-5(8-7-4)6(9)10-2;1-3-2-4(5(8)9)7-6-3;3-1-2-4;1-2(3)4;1-2/h1-6,9-11H,7-8,12H2;1-8H,9,18H2;5H,3-4H2,1-2H3;3H,1-2H3,(H,7,8);2H,1H3,(H,6,7)(H,8,9);1-2H2;1H3;2H,1H3. The van der Waals surface area contributed by atoms with Gasteiger partial charge in [0.1, 0.15) is 11.4 Å². The number of alkyl halides is 12. The molecule has 23 nitrogen and oxygen atoms in total. The lowest BCUT2D eigenvalue weighted by atomic mass is 10.2. The fraction of sp³-hybridized carbons (Fsp3) is 0.305.